The van der Waals surface area contributed by atoms with E-state index in [0.29, 0.717) is 5.69 Å². The van der Waals surface area contributed by atoms with Gasteiger partial charge in [-0.25, -0.2) is 0 Å². The van der Waals surface area contributed by atoms with Gasteiger partial charge in [0.25, 0.3) is 0 Å². The van der Waals surface area contributed by atoms with E-state index in [2.05, 4.69) is 6.58 Å². The number of methoxy groups -OCH3 is 1. The van der Waals surface area contributed by atoms with Crippen molar-refractivity contribution in [2.75, 3.05) is 18.7 Å². The number of nitrogens with zero attached hydrogens (tertiary/aromatic N) is 2. The molecule has 1 aromatic carbocycles. The Labute approximate surface area is 92.5 Å². The number of rotatable bonds is 5. The molecule has 1 N–H and O–H groups in total. The Hall–Kier alpha value is -2.08. The molecule has 1 rings (SSSR count). The molecule has 1 aromatic rings. The number of hydrogen-bond acceptors (Lipinski definition) is 5. The normalized spacial score (nSPS) is 9.62. The van der Waals surface area contributed by atoms with E-state index in [1.54, 1.807) is 0 Å². The minimum absolute atomic E-state index is 0.153. The van der Waals surface area contributed by atoms with Crippen LogP contribution in [0.5, 0.6) is 5.75 Å². The molecule has 0 unspecified atom stereocenters. The summed E-state index contributed by atoms with van der Waals surface area (Å²) in [5, 5.41) is 21.1. The molecular weight excluding hydrogens is 212 g/mol. The molecule has 16 heavy (non-hydrogen) atoms. The molecule has 0 spiro atoms. The van der Waals surface area contributed by atoms with E-state index in [4.69, 9.17) is 4.74 Å². The molecule has 0 bridgehead atoms. The van der Waals surface area contributed by atoms with E-state index in [9.17, 15) is 15.3 Å². The topological polar surface area (TPSA) is 75.8 Å². The fourth-order valence-electron chi connectivity index (χ4n) is 1.21. The SMILES string of the molecule is C=CCN(O)c1ccc(OC)c([N+](=O)[O-])c1. The Kier molecular flexibility index (Phi) is 3.84. The highest BCUT2D eigenvalue weighted by Gasteiger charge is 2.16. The first-order chi connectivity index (χ1) is 7.60. The first-order valence-corrected chi connectivity index (χ1v) is 4.50. The van der Waals surface area contributed by atoms with Gasteiger partial charge in [0.2, 0.25) is 0 Å². The van der Waals surface area contributed by atoms with E-state index in [1.165, 1.54) is 31.4 Å². The molecule has 0 atom stereocenters. The third kappa shape index (κ3) is 2.48. The van der Waals surface area contributed by atoms with Gasteiger partial charge in [-0.1, -0.05) is 6.08 Å². The van der Waals surface area contributed by atoms with Gasteiger partial charge in [0.05, 0.1) is 24.3 Å². The van der Waals surface area contributed by atoms with Crippen LogP contribution in [0.3, 0.4) is 0 Å². The number of nitro benzene ring substituents is 1. The van der Waals surface area contributed by atoms with Gasteiger partial charge < -0.3 is 4.74 Å². The summed E-state index contributed by atoms with van der Waals surface area (Å²) in [6, 6.07) is 4.19. The van der Waals surface area contributed by atoms with Crippen LogP contribution in [-0.2, 0) is 0 Å². The lowest BCUT2D eigenvalue weighted by Gasteiger charge is -2.14. The highest BCUT2D eigenvalue weighted by atomic mass is 16.6. The Bertz CT molecular complexity index is 406. The third-order valence-electron chi connectivity index (χ3n) is 1.96. The zero-order chi connectivity index (χ0) is 12.1. The van der Waals surface area contributed by atoms with Crippen molar-refractivity contribution in [3.8, 4) is 5.75 Å². The van der Waals surface area contributed by atoms with Crippen molar-refractivity contribution in [3.63, 3.8) is 0 Å². The van der Waals surface area contributed by atoms with Crippen LogP contribution in [0.2, 0.25) is 0 Å². The maximum atomic E-state index is 10.7. The number of benzene rings is 1. The lowest BCUT2D eigenvalue weighted by atomic mass is 10.2. The summed E-state index contributed by atoms with van der Waals surface area (Å²) in [7, 11) is 1.35. The Morgan fingerprint density at radius 2 is 2.38 bits per heavy atom. The fraction of sp³-hybridized carbons (Fsp3) is 0.200. The zero-order valence-electron chi connectivity index (χ0n) is 8.79. The largest absolute Gasteiger partial charge is 0.490 e. The molecule has 6 heteroatoms. The summed E-state index contributed by atoms with van der Waals surface area (Å²) < 4.78 is 4.84. The number of ether oxygens (including phenoxy) is 1. The Morgan fingerprint density at radius 1 is 1.69 bits per heavy atom. The average Bonchev–Trinajstić information content (AvgIpc) is 2.28. The second-order valence-corrected chi connectivity index (χ2v) is 2.98. The first kappa shape index (κ1) is 12.0. The molecule has 0 fully saturated rings. The maximum absolute atomic E-state index is 10.7. The monoisotopic (exact) mass is 224 g/mol. The third-order valence-corrected chi connectivity index (χ3v) is 1.96. The summed E-state index contributed by atoms with van der Waals surface area (Å²) in [4.78, 5) is 10.2. The zero-order valence-corrected chi connectivity index (χ0v) is 8.79. The predicted molar refractivity (Wildman–Crippen MR) is 59.0 cm³/mol. The molecule has 6 nitrogen and oxygen atoms in total. The van der Waals surface area contributed by atoms with Crippen LogP contribution >= 0.6 is 0 Å². The molecule has 86 valence electrons. The molecule has 0 heterocycles. The van der Waals surface area contributed by atoms with Gasteiger partial charge in [-0.05, 0) is 12.1 Å². The van der Waals surface area contributed by atoms with Crippen molar-refractivity contribution in [1.82, 2.24) is 0 Å². The van der Waals surface area contributed by atoms with Gasteiger partial charge in [0.15, 0.2) is 5.75 Å². The van der Waals surface area contributed by atoms with Gasteiger partial charge in [0.1, 0.15) is 0 Å². The highest BCUT2D eigenvalue weighted by molar-refractivity contribution is 5.58. The minimum Gasteiger partial charge on any atom is -0.490 e. The van der Waals surface area contributed by atoms with E-state index in [1.807, 2.05) is 0 Å². The van der Waals surface area contributed by atoms with Gasteiger partial charge in [0, 0.05) is 6.07 Å². The van der Waals surface area contributed by atoms with Gasteiger partial charge in [-0.3, -0.25) is 20.4 Å². The molecule has 0 amide bonds. The van der Waals surface area contributed by atoms with Crippen LogP contribution in [0.1, 0.15) is 0 Å². The lowest BCUT2D eigenvalue weighted by molar-refractivity contribution is -0.385. The van der Waals surface area contributed by atoms with Crippen molar-refractivity contribution in [2.24, 2.45) is 0 Å². The number of hydrogen-bond donors (Lipinski definition) is 1. The summed E-state index contributed by atoms with van der Waals surface area (Å²) in [5.41, 5.74) is 0.121. The first-order valence-electron chi connectivity index (χ1n) is 4.50. The van der Waals surface area contributed by atoms with Gasteiger partial charge in [-0.15, -0.1) is 6.58 Å². The van der Waals surface area contributed by atoms with Crippen molar-refractivity contribution < 1.29 is 14.9 Å². The van der Waals surface area contributed by atoms with Crippen LogP contribution in [0.25, 0.3) is 0 Å². The Balaban J connectivity index is 3.11. The van der Waals surface area contributed by atoms with Crippen molar-refractivity contribution in [1.29, 1.82) is 0 Å². The lowest BCUT2D eigenvalue weighted by Crippen LogP contribution is -2.17. The second-order valence-electron chi connectivity index (χ2n) is 2.98. The van der Waals surface area contributed by atoms with Crippen molar-refractivity contribution in [2.45, 2.75) is 0 Å². The molecule has 0 radical (unpaired) electrons. The predicted octanol–water partition coefficient (Wildman–Crippen LogP) is 1.98. The van der Waals surface area contributed by atoms with Crippen LogP contribution < -0.4 is 9.80 Å². The second kappa shape index (κ2) is 5.13. The molecule has 0 aromatic heterocycles. The fourth-order valence-corrected chi connectivity index (χ4v) is 1.21. The summed E-state index contributed by atoms with van der Waals surface area (Å²) >= 11 is 0. The molecule has 0 saturated carbocycles. The average molecular weight is 224 g/mol. The van der Waals surface area contributed by atoms with Crippen LogP contribution in [0, 0.1) is 10.1 Å². The summed E-state index contributed by atoms with van der Waals surface area (Å²) in [5.74, 6) is 0.153. The Morgan fingerprint density at radius 3 is 2.88 bits per heavy atom. The minimum atomic E-state index is -0.565. The molecule has 0 aliphatic carbocycles. The van der Waals surface area contributed by atoms with Crippen LogP contribution in [0.15, 0.2) is 30.9 Å². The van der Waals surface area contributed by atoms with Crippen molar-refractivity contribution >= 4 is 11.4 Å². The van der Waals surface area contributed by atoms with E-state index >= 15 is 0 Å². The molecule has 0 saturated heterocycles. The van der Waals surface area contributed by atoms with Crippen LogP contribution in [-0.4, -0.2) is 23.8 Å². The standard InChI is InChI=1S/C10H12N2O4/c1-3-6-11(13)8-4-5-10(16-2)9(7-8)12(14)15/h3-5,7,13H,1,6H2,2H3. The van der Waals surface area contributed by atoms with E-state index < -0.39 is 4.92 Å². The molecule has 0 aliphatic rings. The quantitative estimate of drug-likeness (QED) is 0.470. The van der Waals surface area contributed by atoms with Gasteiger partial charge >= 0.3 is 5.69 Å². The summed E-state index contributed by atoms with van der Waals surface area (Å²) in [6.07, 6.45) is 1.48. The molecular formula is C10H12N2O4. The number of nitro groups is 1. The van der Waals surface area contributed by atoms with Crippen LogP contribution in [0.4, 0.5) is 11.4 Å². The molecule has 0 aliphatic heterocycles. The van der Waals surface area contributed by atoms with E-state index in [-0.39, 0.29) is 18.0 Å². The van der Waals surface area contributed by atoms with Crippen molar-refractivity contribution in [3.05, 3.63) is 41.0 Å². The smallest absolute Gasteiger partial charge is 0.313 e. The highest BCUT2D eigenvalue weighted by Crippen LogP contribution is 2.30. The van der Waals surface area contributed by atoms with Gasteiger partial charge in [-0.2, -0.15) is 0 Å². The number of anilines is 1. The maximum Gasteiger partial charge on any atom is 0.313 e. The number of hydroxylamine groups is 1. The summed E-state index contributed by atoms with van der Waals surface area (Å²) in [6.45, 7) is 3.64. The van der Waals surface area contributed by atoms with E-state index in [0.717, 1.165) is 5.06 Å².